The van der Waals surface area contributed by atoms with Crippen LogP contribution in [0.15, 0.2) is 0 Å². The van der Waals surface area contributed by atoms with Crippen molar-refractivity contribution in [2.45, 2.75) is 6.92 Å². The molecule has 0 aliphatic rings. The number of aliphatic hydroxyl groups is 4. The molecule has 0 saturated carbocycles. The standard InChI is InChI=1S/3C4H12N2O.C2H6O.Ti/c3*5-1-2-6-3-4-7;1-2-3;/h3*6-7H,1-5H2;3H,2H2,1H3;. The summed E-state index contributed by atoms with van der Waals surface area (Å²) in [6.45, 7) is 8.76. The van der Waals surface area contributed by atoms with E-state index in [1.807, 2.05) is 0 Å². The van der Waals surface area contributed by atoms with E-state index < -0.39 is 0 Å². The van der Waals surface area contributed by atoms with Gasteiger partial charge in [-0.3, -0.25) is 0 Å². The molecule has 0 aliphatic heterocycles. The van der Waals surface area contributed by atoms with Crippen molar-refractivity contribution in [3.05, 3.63) is 0 Å². The van der Waals surface area contributed by atoms with E-state index in [1.54, 1.807) is 6.92 Å². The summed E-state index contributed by atoms with van der Waals surface area (Å²) in [6, 6.07) is 0. The van der Waals surface area contributed by atoms with E-state index in [9.17, 15) is 0 Å². The molecular weight excluding hydrogens is 364 g/mol. The summed E-state index contributed by atoms with van der Waals surface area (Å²) in [5, 5.41) is 40.9. The van der Waals surface area contributed by atoms with E-state index in [2.05, 4.69) is 16.0 Å². The smallest absolute Gasteiger partial charge is 0.0555 e. The molecule has 0 rings (SSSR count). The molecule has 25 heavy (non-hydrogen) atoms. The second kappa shape index (κ2) is 49.7. The average molecular weight is 406 g/mol. The van der Waals surface area contributed by atoms with Crippen LogP contribution in [0.1, 0.15) is 6.92 Å². The summed E-state index contributed by atoms with van der Waals surface area (Å²) >= 11 is 0. The van der Waals surface area contributed by atoms with Crippen LogP contribution in [-0.2, 0) is 21.7 Å². The molecule has 0 aromatic carbocycles. The Hall–Kier alpha value is 0.314. The summed E-state index contributed by atoms with van der Waals surface area (Å²) in [5.74, 6) is 0. The molecule has 13 N–H and O–H groups in total. The van der Waals surface area contributed by atoms with Crippen molar-refractivity contribution in [2.75, 3.05) is 85.3 Å². The number of aliphatic hydroxyl groups excluding tert-OH is 4. The minimum absolute atomic E-state index is 0. The van der Waals surface area contributed by atoms with Crippen LogP contribution in [-0.4, -0.2) is 106 Å². The Morgan fingerprint density at radius 3 is 0.880 bits per heavy atom. The Balaban J connectivity index is -0.0000000727. The van der Waals surface area contributed by atoms with Gasteiger partial charge < -0.3 is 53.6 Å². The maximum absolute atomic E-state index is 8.19. The van der Waals surface area contributed by atoms with Crippen molar-refractivity contribution in [3.63, 3.8) is 0 Å². The zero-order valence-electron chi connectivity index (χ0n) is 15.7. The van der Waals surface area contributed by atoms with Gasteiger partial charge in [0.25, 0.3) is 0 Å². The molecular formula is C14H42N6O4Ti. The van der Waals surface area contributed by atoms with Crippen LogP contribution in [0.2, 0.25) is 0 Å². The summed E-state index contributed by atoms with van der Waals surface area (Å²) < 4.78 is 0. The van der Waals surface area contributed by atoms with Gasteiger partial charge in [0.1, 0.15) is 0 Å². The van der Waals surface area contributed by atoms with Crippen molar-refractivity contribution in [3.8, 4) is 0 Å². The Bertz CT molecular complexity index is 132. The topological polar surface area (TPSA) is 195 Å². The van der Waals surface area contributed by atoms with Crippen molar-refractivity contribution >= 4 is 0 Å². The van der Waals surface area contributed by atoms with Gasteiger partial charge in [-0.1, -0.05) is 0 Å². The normalized spacial score (nSPS) is 8.64. The van der Waals surface area contributed by atoms with Crippen LogP contribution in [0, 0.1) is 0 Å². The summed E-state index contributed by atoms with van der Waals surface area (Å²) in [4.78, 5) is 0. The first kappa shape index (κ1) is 36.3. The van der Waals surface area contributed by atoms with Gasteiger partial charge in [-0.2, -0.15) is 0 Å². The zero-order chi connectivity index (χ0) is 19.3. The van der Waals surface area contributed by atoms with Gasteiger partial charge in [-0.25, -0.2) is 0 Å². The first-order valence-corrected chi connectivity index (χ1v) is 8.32. The zero-order valence-corrected chi connectivity index (χ0v) is 17.3. The van der Waals surface area contributed by atoms with E-state index in [1.165, 1.54) is 0 Å². The molecule has 0 bridgehead atoms. The Morgan fingerprint density at radius 2 is 0.760 bits per heavy atom. The van der Waals surface area contributed by atoms with Crippen molar-refractivity contribution in [1.29, 1.82) is 0 Å². The monoisotopic (exact) mass is 406 g/mol. The third-order valence-electron chi connectivity index (χ3n) is 1.83. The molecule has 0 aromatic rings. The molecule has 0 amide bonds. The summed E-state index contributed by atoms with van der Waals surface area (Å²) in [5.41, 5.74) is 15.4. The second-order valence-corrected chi connectivity index (χ2v) is 4.10. The minimum atomic E-state index is 0. The van der Waals surface area contributed by atoms with E-state index >= 15 is 0 Å². The molecule has 0 heterocycles. The van der Waals surface area contributed by atoms with Crippen LogP contribution in [0.5, 0.6) is 0 Å². The first-order chi connectivity index (χ1) is 11.7. The molecule has 0 atom stereocenters. The van der Waals surface area contributed by atoms with Crippen LogP contribution in [0.4, 0.5) is 0 Å². The van der Waals surface area contributed by atoms with Crippen molar-refractivity contribution in [2.24, 2.45) is 17.2 Å². The molecule has 0 unspecified atom stereocenters. The Morgan fingerprint density at radius 1 is 0.560 bits per heavy atom. The Kier molecular flexibility index (Phi) is 72.0. The van der Waals surface area contributed by atoms with Crippen LogP contribution in [0.25, 0.3) is 0 Å². The molecule has 0 saturated heterocycles. The van der Waals surface area contributed by atoms with E-state index in [0.717, 1.165) is 19.6 Å². The SMILES string of the molecule is CCO.NCCNCCO.NCCNCCO.NCCNCCO.[Ti]. The Labute approximate surface area is 167 Å². The van der Waals surface area contributed by atoms with Crippen LogP contribution < -0.4 is 33.2 Å². The number of nitrogens with two attached hydrogens (primary N) is 3. The molecule has 0 radical (unpaired) electrons. The average Bonchev–Trinajstić information content (AvgIpc) is 2.58. The third kappa shape index (κ3) is 79.8. The second-order valence-electron chi connectivity index (χ2n) is 4.10. The molecule has 0 spiro atoms. The third-order valence-corrected chi connectivity index (χ3v) is 1.83. The summed E-state index contributed by atoms with van der Waals surface area (Å²) in [6.07, 6.45) is 0. The van der Waals surface area contributed by atoms with Gasteiger partial charge in [-0.15, -0.1) is 0 Å². The molecule has 0 aliphatic carbocycles. The quantitative estimate of drug-likeness (QED) is 0.112. The number of hydrogen-bond acceptors (Lipinski definition) is 10. The molecule has 0 aromatic heterocycles. The number of hydrogen-bond donors (Lipinski definition) is 10. The predicted octanol–water partition coefficient (Wildman–Crippen LogP) is -4.42. The van der Waals surface area contributed by atoms with Gasteiger partial charge >= 0.3 is 0 Å². The fourth-order valence-corrected chi connectivity index (χ4v) is 0.918. The summed E-state index contributed by atoms with van der Waals surface area (Å²) in [7, 11) is 0. The van der Waals surface area contributed by atoms with E-state index in [-0.39, 0.29) is 48.1 Å². The van der Waals surface area contributed by atoms with Gasteiger partial charge in [0.05, 0.1) is 19.8 Å². The fourth-order valence-electron chi connectivity index (χ4n) is 0.918. The van der Waals surface area contributed by atoms with Crippen molar-refractivity contribution < 1.29 is 42.1 Å². The molecule has 11 heteroatoms. The predicted molar refractivity (Wildman–Crippen MR) is 99.8 cm³/mol. The van der Waals surface area contributed by atoms with Crippen LogP contribution >= 0.6 is 0 Å². The first-order valence-electron chi connectivity index (χ1n) is 8.32. The number of nitrogens with one attached hydrogen (secondary N) is 3. The van der Waals surface area contributed by atoms with E-state index in [4.69, 9.17) is 37.6 Å². The van der Waals surface area contributed by atoms with Gasteiger partial charge in [0.15, 0.2) is 0 Å². The molecule has 10 nitrogen and oxygen atoms in total. The maximum Gasteiger partial charge on any atom is 0.0555 e. The molecule has 0 fully saturated rings. The molecule has 156 valence electrons. The van der Waals surface area contributed by atoms with Crippen LogP contribution in [0.3, 0.4) is 0 Å². The van der Waals surface area contributed by atoms with Gasteiger partial charge in [0.2, 0.25) is 0 Å². The van der Waals surface area contributed by atoms with E-state index in [0.29, 0.717) is 39.3 Å². The minimum Gasteiger partial charge on any atom is -0.397 e. The maximum atomic E-state index is 8.19. The fraction of sp³-hybridized carbons (Fsp3) is 1.00. The van der Waals surface area contributed by atoms with Gasteiger partial charge in [-0.05, 0) is 6.92 Å². The van der Waals surface area contributed by atoms with Gasteiger partial charge in [0, 0.05) is 87.2 Å². The number of rotatable bonds is 12. The van der Waals surface area contributed by atoms with Crippen molar-refractivity contribution in [1.82, 2.24) is 16.0 Å². The largest absolute Gasteiger partial charge is 0.397 e.